The van der Waals surface area contributed by atoms with Crippen molar-refractivity contribution in [3.05, 3.63) is 35.5 Å². The lowest BCUT2D eigenvalue weighted by atomic mass is 10.1. The van der Waals surface area contributed by atoms with E-state index in [4.69, 9.17) is 4.74 Å². The van der Waals surface area contributed by atoms with Gasteiger partial charge in [0.2, 0.25) is 0 Å². The molecule has 2 aromatic rings. The molecule has 0 aliphatic heterocycles. The monoisotopic (exact) mass is 246 g/mol. The molecule has 2 rings (SSSR count). The molecule has 0 aliphatic carbocycles. The van der Waals surface area contributed by atoms with Gasteiger partial charge in [0.1, 0.15) is 5.75 Å². The molecule has 1 aromatic heterocycles. The van der Waals surface area contributed by atoms with Gasteiger partial charge >= 0.3 is 0 Å². The highest BCUT2D eigenvalue weighted by Crippen LogP contribution is 2.20. The van der Waals surface area contributed by atoms with Crippen molar-refractivity contribution in [1.82, 2.24) is 15.4 Å². The lowest BCUT2D eigenvalue weighted by Crippen LogP contribution is -2.20. The lowest BCUT2D eigenvalue weighted by molar-refractivity contribution is -0.118. The molecule has 0 unspecified atom stereocenters. The maximum absolute atomic E-state index is 11.6. The zero-order valence-corrected chi connectivity index (χ0v) is 10.2. The normalized spacial score (nSPS) is 10.1. The molecule has 1 amide bonds. The minimum absolute atomic E-state index is 0.0584. The molecule has 18 heavy (non-hydrogen) atoms. The van der Waals surface area contributed by atoms with Gasteiger partial charge in [0, 0.05) is 0 Å². The fourth-order valence-corrected chi connectivity index (χ4v) is 1.46. The number of ether oxygens (including phenoxy) is 1. The summed E-state index contributed by atoms with van der Waals surface area (Å²) in [4.78, 5) is 11.6. The van der Waals surface area contributed by atoms with Gasteiger partial charge in [0.15, 0.2) is 12.4 Å². The van der Waals surface area contributed by atoms with E-state index in [1.807, 2.05) is 32.0 Å². The first-order valence-electron chi connectivity index (χ1n) is 5.51. The van der Waals surface area contributed by atoms with Crippen LogP contribution in [0.2, 0.25) is 0 Å². The van der Waals surface area contributed by atoms with E-state index in [1.165, 1.54) is 6.20 Å². The van der Waals surface area contributed by atoms with E-state index in [0.29, 0.717) is 11.6 Å². The zero-order valence-electron chi connectivity index (χ0n) is 10.2. The van der Waals surface area contributed by atoms with Gasteiger partial charge in [-0.15, -0.1) is 5.10 Å². The Kier molecular flexibility index (Phi) is 3.57. The summed E-state index contributed by atoms with van der Waals surface area (Å²) in [5, 5.41) is 12.3. The Hall–Kier alpha value is -2.37. The van der Waals surface area contributed by atoms with Crippen molar-refractivity contribution in [2.45, 2.75) is 13.8 Å². The van der Waals surface area contributed by atoms with Crippen molar-refractivity contribution in [1.29, 1.82) is 0 Å². The molecule has 1 heterocycles. The predicted molar refractivity (Wildman–Crippen MR) is 66.4 cm³/mol. The highest BCUT2D eigenvalue weighted by atomic mass is 16.5. The number of anilines is 1. The van der Waals surface area contributed by atoms with E-state index in [9.17, 15) is 4.79 Å². The second-order valence-electron chi connectivity index (χ2n) is 3.89. The number of H-pyrrole nitrogens is 1. The summed E-state index contributed by atoms with van der Waals surface area (Å²) in [6, 6.07) is 5.73. The number of nitrogens with zero attached hydrogens (tertiary/aromatic N) is 2. The lowest BCUT2D eigenvalue weighted by Gasteiger charge is -2.10. The van der Waals surface area contributed by atoms with Crippen molar-refractivity contribution < 1.29 is 9.53 Å². The topological polar surface area (TPSA) is 79.9 Å². The fourth-order valence-electron chi connectivity index (χ4n) is 1.46. The highest BCUT2D eigenvalue weighted by Gasteiger charge is 2.07. The molecule has 0 saturated heterocycles. The molecule has 0 spiro atoms. The van der Waals surface area contributed by atoms with E-state index in [0.717, 1.165) is 11.1 Å². The Morgan fingerprint density at radius 3 is 3.00 bits per heavy atom. The SMILES string of the molecule is Cc1cccc(OCC(=O)Nc2cn[nH]n2)c1C. The van der Waals surface area contributed by atoms with E-state index in [1.54, 1.807) is 0 Å². The van der Waals surface area contributed by atoms with Gasteiger partial charge in [-0.3, -0.25) is 4.79 Å². The molecular formula is C12H14N4O2. The summed E-state index contributed by atoms with van der Waals surface area (Å²) < 4.78 is 5.46. The number of aryl methyl sites for hydroxylation is 1. The van der Waals surface area contributed by atoms with Crippen LogP contribution < -0.4 is 10.1 Å². The van der Waals surface area contributed by atoms with Crippen LogP contribution in [-0.4, -0.2) is 27.9 Å². The van der Waals surface area contributed by atoms with E-state index in [2.05, 4.69) is 20.7 Å². The number of benzene rings is 1. The number of aromatic amines is 1. The standard InChI is InChI=1S/C12H14N4O2/c1-8-4-3-5-10(9(8)2)18-7-12(17)14-11-6-13-16-15-11/h3-6H,7H2,1-2H3,(H2,13,14,15,16,17). The number of carbonyl (C=O) groups is 1. The Bertz CT molecular complexity index is 537. The first-order valence-corrected chi connectivity index (χ1v) is 5.51. The predicted octanol–water partition coefficient (Wildman–Crippen LogP) is 1.44. The van der Waals surface area contributed by atoms with Crippen LogP contribution in [-0.2, 0) is 4.79 Å². The summed E-state index contributed by atoms with van der Waals surface area (Å²) in [5.74, 6) is 0.819. The number of nitrogens with one attached hydrogen (secondary N) is 2. The number of hydrogen-bond donors (Lipinski definition) is 2. The second-order valence-corrected chi connectivity index (χ2v) is 3.89. The van der Waals surface area contributed by atoms with Crippen LogP contribution in [0.15, 0.2) is 24.4 Å². The summed E-state index contributed by atoms with van der Waals surface area (Å²) in [6.45, 7) is 3.90. The second kappa shape index (κ2) is 5.31. The summed E-state index contributed by atoms with van der Waals surface area (Å²) in [7, 11) is 0. The van der Waals surface area contributed by atoms with E-state index >= 15 is 0 Å². The highest BCUT2D eigenvalue weighted by molar-refractivity contribution is 5.90. The van der Waals surface area contributed by atoms with Crippen molar-refractivity contribution in [2.75, 3.05) is 11.9 Å². The van der Waals surface area contributed by atoms with Gasteiger partial charge in [-0.25, -0.2) is 0 Å². The molecule has 94 valence electrons. The van der Waals surface area contributed by atoms with Crippen LogP contribution in [0.3, 0.4) is 0 Å². The molecule has 0 atom stereocenters. The number of carbonyl (C=O) groups excluding carboxylic acids is 1. The third-order valence-electron chi connectivity index (χ3n) is 2.60. The van der Waals surface area contributed by atoms with Crippen LogP contribution in [0.5, 0.6) is 5.75 Å². The zero-order chi connectivity index (χ0) is 13.0. The van der Waals surface area contributed by atoms with Gasteiger partial charge in [0.25, 0.3) is 5.91 Å². The van der Waals surface area contributed by atoms with Gasteiger partial charge in [-0.1, -0.05) is 12.1 Å². The first kappa shape index (κ1) is 12.1. The van der Waals surface area contributed by atoms with Crippen LogP contribution in [0.4, 0.5) is 5.82 Å². The van der Waals surface area contributed by atoms with Crippen molar-refractivity contribution in [3.8, 4) is 5.75 Å². The summed E-state index contributed by atoms with van der Waals surface area (Å²) in [6.07, 6.45) is 1.43. The number of hydrogen-bond acceptors (Lipinski definition) is 4. The van der Waals surface area contributed by atoms with Crippen molar-refractivity contribution in [2.24, 2.45) is 0 Å². The number of aromatic nitrogens is 3. The van der Waals surface area contributed by atoms with Crippen LogP contribution in [0, 0.1) is 13.8 Å². The van der Waals surface area contributed by atoms with Crippen LogP contribution in [0.25, 0.3) is 0 Å². The summed E-state index contributed by atoms with van der Waals surface area (Å²) in [5.41, 5.74) is 2.16. The number of rotatable bonds is 4. The molecule has 2 N–H and O–H groups in total. The maximum Gasteiger partial charge on any atom is 0.263 e. The minimum atomic E-state index is -0.273. The fraction of sp³-hybridized carbons (Fsp3) is 0.250. The summed E-state index contributed by atoms with van der Waals surface area (Å²) >= 11 is 0. The van der Waals surface area contributed by atoms with Crippen LogP contribution >= 0.6 is 0 Å². The van der Waals surface area contributed by atoms with Gasteiger partial charge in [0.05, 0.1) is 6.20 Å². The van der Waals surface area contributed by atoms with Crippen molar-refractivity contribution in [3.63, 3.8) is 0 Å². The Morgan fingerprint density at radius 1 is 1.44 bits per heavy atom. The van der Waals surface area contributed by atoms with E-state index < -0.39 is 0 Å². The van der Waals surface area contributed by atoms with Gasteiger partial charge < -0.3 is 10.1 Å². The smallest absolute Gasteiger partial charge is 0.263 e. The molecular weight excluding hydrogens is 232 g/mol. The van der Waals surface area contributed by atoms with E-state index in [-0.39, 0.29) is 12.5 Å². The quantitative estimate of drug-likeness (QED) is 0.855. The third kappa shape index (κ3) is 2.85. The van der Waals surface area contributed by atoms with Crippen LogP contribution in [0.1, 0.15) is 11.1 Å². The maximum atomic E-state index is 11.6. The average molecular weight is 246 g/mol. The largest absolute Gasteiger partial charge is 0.483 e. The molecule has 6 heteroatoms. The molecule has 6 nitrogen and oxygen atoms in total. The Balaban J connectivity index is 1.91. The first-order chi connectivity index (χ1) is 8.66. The third-order valence-corrected chi connectivity index (χ3v) is 2.60. The van der Waals surface area contributed by atoms with Gasteiger partial charge in [-0.2, -0.15) is 10.3 Å². The Morgan fingerprint density at radius 2 is 2.28 bits per heavy atom. The Labute approximate surface area is 104 Å². The van der Waals surface area contributed by atoms with Crippen molar-refractivity contribution >= 4 is 11.7 Å². The molecule has 1 aromatic carbocycles. The minimum Gasteiger partial charge on any atom is -0.483 e. The molecule has 0 fully saturated rings. The molecule has 0 radical (unpaired) electrons. The number of amides is 1. The van der Waals surface area contributed by atoms with Gasteiger partial charge in [-0.05, 0) is 31.0 Å². The molecule has 0 aliphatic rings. The average Bonchev–Trinajstić information content (AvgIpc) is 2.84. The molecule has 0 saturated carbocycles. The molecule has 0 bridgehead atoms.